The lowest BCUT2D eigenvalue weighted by atomic mass is 9.89. The summed E-state index contributed by atoms with van der Waals surface area (Å²) in [6.07, 6.45) is 23.6. The molecular formula is C24H30N2. The Bertz CT molecular complexity index is 707. The number of aryl methyl sites for hydroxylation is 1. The predicted octanol–water partition coefficient (Wildman–Crippen LogP) is 5.80. The van der Waals surface area contributed by atoms with Gasteiger partial charge in [0.1, 0.15) is 0 Å². The minimum absolute atomic E-state index is 0.303. The fraction of sp³-hybridized carbons (Fsp3) is 0.292. The van der Waals surface area contributed by atoms with Crippen molar-refractivity contribution in [2.24, 2.45) is 0 Å². The smallest absolute Gasteiger partial charge is 0.0334 e. The zero-order chi connectivity index (χ0) is 18.6. The molecule has 1 aliphatic rings. The summed E-state index contributed by atoms with van der Waals surface area (Å²) < 4.78 is 0. The van der Waals surface area contributed by atoms with Gasteiger partial charge in [-0.15, -0.1) is 19.7 Å². The van der Waals surface area contributed by atoms with Crippen molar-refractivity contribution in [3.8, 4) is 0 Å². The Morgan fingerprint density at radius 1 is 1.15 bits per heavy atom. The van der Waals surface area contributed by atoms with Crippen LogP contribution in [-0.4, -0.2) is 11.5 Å². The number of nitrogens with one attached hydrogen (secondary N) is 1. The minimum atomic E-state index is 0.303. The van der Waals surface area contributed by atoms with Crippen molar-refractivity contribution in [3.05, 3.63) is 103 Å². The Labute approximate surface area is 158 Å². The third kappa shape index (κ3) is 5.73. The Morgan fingerprint density at radius 3 is 2.81 bits per heavy atom. The van der Waals surface area contributed by atoms with E-state index in [-0.39, 0.29) is 0 Å². The van der Waals surface area contributed by atoms with Crippen LogP contribution in [0.1, 0.15) is 42.7 Å². The summed E-state index contributed by atoms with van der Waals surface area (Å²) >= 11 is 0. The van der Waals surface area contributed by atoms with Crippen molar-refractivity contribution < 1.29 is 0 Å². The molecule has 1 atom stereocenters. The topological polar surface area (TPSA) is 24.9 Å². The van der Waals surface area contributed by atoms with Gasteiger partial charge in [0.25, 0.3) is 0 Å². The summed E-state index contributed by atoms with van der Waals surface area (Å²) in [6, 6.07) is 2.12. The van der Waals surface area contributed by atoms with Crippen LogP contribution >= 0.6 is 0 Å². The molecular weight excluding hydrogens is 316 g/mol. The first-order chi connectivity index (χ1) is 12.8. The number of unbranched alkanes of at least 4 members (excludes halogenated alkanes) is 1. The van der Waals surface area contributed by atoms with E-state index in [1.165, 1.54) is 22.3 Å². The first-order valence-corrected chi connectivity index (χ1v) is 9.36. The van der Waals surface area contributed by atoms with Crippen molar-refractivity contribution in [3.63, 3.8) is 0 Å². The van der Waals surface area contributed by atoms with E-state index in [1.807, 2.05) is 30.6 Å². The summed E-state index contributed by atoms with van der Waals surface area (Å²) in [5.74, 6) is 0.303. The van der Waals surface area contributed by atoms with Gasteiger partial charge in [-0.3, -0.25) is 4.98 Å². The van der Waals surface area contributed by atoms with Crippen LogP contribution in [0, 0.1) is 0 Å². The van der Waals surface area contributed by atoms with E-state index in [0.29, 0.717) is 5.92 Å². The van der Waals surface area contributed by atoms with Gasteiger partial charge in [-0.2, -0.15) is 0 Å². The van der Waals surface area contributed by atoms with Crippen molar-refractivity contribution in [1.82, 2.24) is 10.3 Å². The van der Waals surface area contributed by atoms with Crippen LogP contribution in [0.3, 0.4) is 0 Å². The highest BCUT2D eigenvalue weighted by molar-refractivity contribution is 5.42. The zero-order valence-corrected chi connectivity index (χ0v) is 15.7. The molecule has 26 heavy (non-hydrogen) atoms. The van der Waals surface area contributed by atoms with Gasteiger partial charge >= 0.3 is 0 Å². The molecule has 2 rings (SSSR count). The highest BCUT2D eigenvalue weighted by atomic mass is 14.8. The first kappa shape index (κ1) is 19.7. The normalized spacial score (nSPS) is 14.9. The second-order valence-corrected chi connectivity index (χ2v) is 6.45. The molecule has 0 amide bonds. The molecule has 2 nitrogen and oxygen atoms in total. The number of pyridine rings is 1. The van der Waals surface area contributed by atoms with Crippen molar-refractivity contribution >= 4 is 0 Å². The van der Waals surface area contributed by atoms with E-state index in [9.17, 15) is 0 Å². The average molecular weight is 347 g/mol. The summed E-state index contributed by atoms with van der Waals surface area (Å²) in [4.78, 5) is 4.34. The zero-order valence-electron chi connectivity index (χ0n) is 15.7. The molecule has 2 heterocycles. The maximum absolute atomic E-state index is 4.34. The van der Waals surface area contributed by atoms with Gasteiger partial charge < -0.3 is 5.32 Å². The fourth-order valence-electron chi connectivity index (χ4n) is 3.19. The maximum Gasteiger partial charge on any atom is 0.0334 e. The molecule has 0 bridgehead atoms. The summed E-state index contributed by atoms with van der Waals surface area (Å²) in [6.45, 7) is 12.5. The van der Waals surface area contributed by atoms with Crippen molar-refractivity contribution in [1.29, 1.82) is 0 Å². The number of hydrogen-bond acceptors (Lipinski definition) is 2. The van der Waals surface area contributed by atoms with E-state index in [0.717, 1.165) is 38.6 Å². The van der Waals surface area contributed by atoms with Crippen molar-refractivity contribution in [2.45, 2.75) is 38.0 Å². The highest BCUT2D eigenvalue weighted by Gasteiger charge is 2.13. The largest absolute Gasteiger partial charge is 0.387 e. The molecule has 0 aromatic carbocycles. The van der Waals surface area contributed by atoms with Crippen LogP contribution in [-0.2, 0) is 6.42 Å². The molecule has 0 fully saturated rings. The van der Waals surface area contributed by atoms with Crippen LogP contribution < -0.4 is 5.32 Å². The Morgan fingerprint density at radius 2 is 2.04 bits per heavy atom. The van der Waals surface area contributed by atoms with Crippen molar-refractivity contribution in [2.75, 3.05) is 6.54 Å². The molecule has 1 unspecified atom stereocenters. The SMILES string of the molecule is C=CCC/C=C/C1=CCNC=C1CCc1cnccc1C(C=C)CC=C. The number of nitrogens with zero attached hydrogens (tertiary/aromatic N) is 1. The Hall–Kier alpha value is -2.61. The molecule has 1 aromatic rings. The average Bonchev–Trinajstić information content (AvgIpc) is 2.69. The molecule has 0 spiro atoms. The van der Waals surface area contributed by atoms with Crippen LogP contribution in [0.15, 0.2) is 92.0 Å². The quantitative estimate of drug-likeness (QED) is 0.405. The first-order valence-electron chi connectivity index (χ1n) is 9.36. The van der Waals surface area contributed by atoms with Gasteiger partial charge in [0.2, 0.25) is 0 Å². The van der Waals surface area contributed by atoms with Gasteiger partial charge in [0.05, 0.1) is 0 Å². The summed E-state index contributed by atoms with van der Waals surface area (Å²) in [7, 11) is 0. The Balaban J connectivity index is 2.07. The van der Waals surface area contributed by atoms with Gasteiger partial charge in [-0.1, -0.05) is 36.5 Å². The summed E-state index contributed by atoms with van der Waals surface area (Å²) in [5, 5.41) is 3.34. The third-order valence-electron chi connectivity index (χ3n) is 4.63. The monoisotopic (exact) mass is 346 g/mol. The standard InChI is InChI=1S/C24H30N2/c1-4-7-8-9-11-21-14-16-25-18-22(21)12-13-23-19-26-17-15-24(23)20(6-3)10-5-2/h4-6,9,11,14-15,17-20,25H,1-3,7-8,10,12-13,16H2/b11-9+. The fourth-order valence-corrected chi connectivity index (χ4v) is 3.19. The lowest BCUT2D eigenvalue weighted by Crippen LogP contribution is -2.13. The predicted molar refractivity (Wildman–Crippen MR) is 113 cm³/mol. The molecule has 0 saturated heterocycles. The van der Waals surface area contributed by atoms with E-state index >= 15 is 0 Å². The second kappa shape index (κ2) is 11.1. The molecule has 0 aliphatic carbocycles. The van der Waals surface area contributed by atoms with E-state index in [1.54, 1.807) is 0 Å². The van der Waals surface area contributed by atoms with Gasteiger partial charge in [-0.25, -0.2) is 0 Å². The minimum Gasteiger partial charge on any atom is -0.387 e. The number of aromatic nitrogens is 1. The van der Waals surface area contributed by atoms with Crippen LogP contribution in [0.25, 0.3) is 0 Å². The van der Waals surface area contributed by atoms with Gasteiger partial charge in [-0.05, 0) is 60.4 Å². The Kier molecular flexibility index (Phi) is 8.41. The third-order valence-corrected chi connectivity index (χ3v) is 4.63. The van der Waals surface area contributed by atoms with Gasteiger partial charge in [0.15, 0.2) is 0 Å². The van der Waals surface area contributed by atoms with Gasteiger partial charge in [0, 0.05) is 31.1 Å². The molecule has 136 valence electrons. The number of rotatable bonds is 11. The van der Waals surface area contributed by atoms with Crippen LogP contribution in [0.5, 0.6) is 0 Å². The molecule has 1 aliphatic heterocycles. The van der Waals surface area contributed by atoms with Crippen LogP contribution in [0.4, 0.5) is 0 Å². The number of allylic oxidation sites excluding steroid dienone is 7. The van der Waals surface area contributed by atoms with E-state index in [2.05, 4.69) is 60.5 Å². The number of hydrogen-bond donors (Lipinski definition) is 1. The van der Waals surface area contributed by atoms with Crippen LogP contribution in [0.2, 0.25) is 0 Å². The lowest BCUT2D eigenvalue weighted by Gasteiger charge is -2.18. The highest BCUT2D eigenvalue weighted by Crippen LogP contribution is 2.27. The molecule has 1 N–H and O–H groups in total. The van der Waals surface area contributed by atoms with E-state index < -0.39 is 0 Å². The lowest BCUT2D eigenvalue weighted by molar-refractivity contribution is 0.817. The molecule has 0 saturated carbocycles. The number of dihydropyridines is 1. The molecule has 1 aromatic heterocycles. The molecule has 0 radical (unpaired) electrons. The summed E-state index contributed by atoms with van der Waals surface area (Å²) in [5.41, 5.74) is 5.27. The maximum atomic E-state index is 4.34. The van der Waals surface area contributed by atoms with E-state index in [4.69, 9.17) is 0 Å². The molecule has 2 heteroatoms. The second-order valence-electron chi connectivity index (χ2n) is 6.45.